The summed E-state index contributed by atoms with van der Waals surface area (Å²) in [7, 11) is 0. The Morgan fingerprint density at radius 1 is 1.16 bits per heavy atom. The highest BCUT2D eigenvalue weighted by atomic mass is 32.2. The zero-order valence-electron chi connectivity index (χ0n) is 16.0. The number of nitrogens with zero attached hydrogens (tertiary/aromatic N) is 6. The van der Waals surface area contributed by atoms with E-state index in [2.05, 4.69) is 20.6 Å². The van der Waals surface area contributed by atoms with Crippen molar-refractivity contribution >= 4 is 46.1 Å². The van der Waals surface area contributed by atoms with Crippen LogP contribution in [0.5, 0.6) is 0 Å². The molecule has 0 saturated carbocycles. The quantitative estimate of drug-likeness (QED) is 0.391. The highest BCUT2D eigenvalue weighted by Crippen LogP contribution is 2.36. The van der Waals surface area contributed by atoms with Crippen LogP contribution in [0.1, 0.15) is 22.2 Å². The molecule has 4 aromatic rings. The number of benzene rings is 1. The lowest BCUT2D eigenvalue weighted by Gasteiger charge is -2.20. The highest BCUT2D eigenvalue weighted by Gasteiger charge is 2.34. The SMILES string of the molecule is O=C(CSc1nnnn1-c1cccc(F)c1)N1N=C(c2cccs2)C[C@H]1c1cccs1. The first-order valence-corrected chi connectivity index (χ1v) is 12.1. The second-order valence-electron chi connectivity index (χ2n) is 6.64. The zero-order chi connectivity index (χ0) is 21.2. The van der Waals surface area contributed by atoms with Crippen LogP contribution in [-0.4, -0.2) is 42.6 Å². The van der Waals surface area contributed by atoms with Gasteiger partial charge in [-0.25, -0.2) is 9.40 Å². The van der Waals surface area contributed by atoms with Gasteiger partial charge in [0.05, 0.1) is 28.1 Å². The lowest BCUT2D eigenvalue weighted by molar-refractivity contribution is -0.130. The van der Waals surface area contributed by atoms with Crippen LogP contribution in [0.3, 0.4) is 0 Å². The molecule has 1 aliphatic heterocycles. The molecule has 0 unspecified atom stereocenters. The summed E-state index contributed by atoms with van der Waals surface area (Å²) in [5.41, 5.74) is 1.41. The molecule has 156 valence electrons. The van der Waals surface area contributed by atoms with Crippen LogP contribution in [0.15, 0.2) is 69.5 Å². The summed E-state index contributed by atoms with van der Waals surface area (Å²) < 4.78 is 15.0. The molecular formula is C20H15FN6OS3. The minimum atomic E-state index is -0.383. The molecule has 1 atom stereocenters. The maximum Gasteiger partial charge on any atom is 0.253 e. The van der Waals surface area contributed by atoms with E-state index in [1.807, 2.05) is 35.0 Å². The molecule has 1 amide bonds. The predicted molar refractivity (Wildman–Crippen MR) is 119 cm³/mol. The number of aromatic nitrogens is 4. The topological polar surface area (TPSA) is 76.3 Å². The largest absolute Gasteiger partial charge is 0.272 e. The third-order valence-electron chi connectivity index (χ3n) is 4.66. The van der Waals surface area contributed by atoms with Gasteiger partial charge in [-0.3, -0.25) is 4.79 Å². The molecule has 0 spiro atoms. The van der Waals surface area contributed by atoms with Crippen molar-refractivity contribution in [3.8, 4) is 5.69 Å². The molecule has 31 heavy (non-hydrogen) atoms. The van der Waals surface area contributed by atoms with Gasteiger partial charge in [-0.05, 0) is 51.5 Å². The zero-order valence-corrected chi connectivity index (χ0v) is 18.4. The predicted octanol–water partition coefficient (Wildman–Crippen LogP) is 4.39. The molecule has 0 fully saturated rings. The summed E-state index contributed by atoms with van der Waals surface area (Å²) in [6.45, 7) is 0. The fraction of sp³-hybridized carbons (Fsp3) is 0.150. The van der Waals surface area contributed by atoms with Crippen molar-refractivity contribution in [3.05, 3.63) is 74.9 Å². The van der Waals surface area contributed by atoms with E-state index in [-0.39, 0.29) is 23.5 Å². The van der Waals surface area contributed by atoms with Crippen LogP contribution in [0.25, 0.3) is 5.69 Å². The summed E-state index contributed by atoms with van der Waals surface area (Å²) in [5, 5.41) is 22.2. The Bertz CT molecular complexity index is 1220. The fourth-order valence-corrected chi connectivity index (χ4v) is 5.54. The van der Waals surface area contributed by atoms with E-state index >= 15 is 0 Å². The highest BCUT2D eigenvalue weighted by molar-refractivity contribution is 7.99. The van der Waals surface area contributed by atoms with Crippen molar-refractivity contribution in [1.82, 2.24) is 25.2 Å². The van der Waals surface area contributed by atoms with Crippen LogP contribution in [0, 0.1) is 5.82 Å². The van der Waals surface area contributed by atoms with Crippen LogP contribution < -0.4 is 0 Å². The molecule has 7 nitrogen and oxygen atoms in total. The summed E-state index contributed by atoms with van der Waals surface area (Å²) in [4.78, 5) is 15.3. The van der Waals surface area contributed by atoms with Crippen molar-refractivity contribution in [2.24, 2.45) is 5.10 Å². The summed E-state index contributed by atoms with van der Waals surface area (Å²) in [6, 6.07) is 13.9. The Hall–Kier alpha value is -2.89. The monoisotopic (exact) mass is 470 g/mol. The standard InChI is InChI=1S/C20H15FN6OS3/c21-13-4-1-5-14(10-13)26-20(22-24-25-26)31-12-19(28)27-16(18-7-3-9-30-18)11-15(23-27)17-6-2-8-29-17/h1-10,16H,11-12H2/t16-/m0/s1. The second kappa shape index (κ2) is 8.69. The van der Waals surface area contributed by atoms with Gasteiger partial charge in [-0.15, -0.1) is 27.8 Å². The number of hydrogen-bond acceptors (Lipinski definition) is 8. The van der Waals surface area contributed by atoms with Crippen molar-refractivity contribution in [1.29, 1.82) is 0 Å². The molecule has 0 saturated heterocycles. The molecule has 1 aliphatic rings. The van der Waals surface area contributed by atoms with E-state index in [0.717, 1.165) is 15.5 Å². The Kier molecular flexibility index (Phi) is 5.62. The third-order valence-corrected chi connectivity index (χ3v) is 7.46. The first-order valence-electron chi connectivity index (χ1n) is 9.33. The number of thioether (sulfide) groups is 1. The Labute approximate surface area is 189 Å². The van der Waals surface area contributed by atoms with Crippen molar-refractivity contribution in [2.75, 3.05) is 5.75 Å². The number of carbonyl (C=O) groups is 1. The molecule has 3 aromatic heterocycles. The van der Waals surface area contributed by atoms with Crippen molar-refractivity contribution in [3.63, 3.8) is 0 Å². The van der Waals surface area contributed by atoms with Gasteiger partial charge in [0.25, 0.3) is 5.91 Å². The Morgan fingerprint density at radius 3 is 2.81 bits per heavy atom. The van der Waals surface area contributed by atoms with E-state index in [0.29, 0.717) is 17.3 Å². The van der Waals surface area contributed by atoms with E-state index in [1.165, 1.54) is 28.6 Å². The van der Waals surface area contributed by atoms with Crippen LogP contribution in [-0.2, 0) is 4.79 Å². The van der Waals surface area contributed by atoms with Gasteiger partial charge in [-0.1, -0.05) is 30.0 Å². The molecule has 0 aliphatic carbocycles. The average Bonchev–Trinajstić information content (AvgIpc) is 3.56. The van der Waals surface area contributed by atoms with Gasteiger partial charge >= 0.3 is 0 Å². The molecular weight excluding hydrogens is 455 g/mol. The van der Waals surface area contributed by atoms with Gasteiger partial charge in [0.1, 0.15) is 5.82 Å². The normalized spacial score (nSPS) is 16.0. The van der Waals surface area contributed by atoms with Gasteiger partial charge in [-0.2, -0.15) is 9.78 Å². The first-order chi connectivity index (χ1) is 15.2. The Balaban J connectivity index is 1.35. The Morgan fingerprint density at radius 2 is 2.03 bits per heavy atom. The van der Waals surface area contributed by atoms with E-state index in [4.69, 9.17) is 0 Å². The number of thiophene rings is 2. The summed E-state index contributed by atoms with van der Waals surface area (Å²) in [5.74, 6) is -0.409. The number of hydrazone groups is 1. The molecule has 0 N–H and O–H groups in total. The van der Waals surface area contributed by atoms with Crippen LogP contribution in [0.2, 0.25) is 0 Å². The van der Waals surface area contributed by atoms with Crippen LogP contribution >= 0.6 is 34.4 Å². The summed E-state index contributed by atoms with van der Waals surface area (Å²) >= 11 is 4.43. The number of rotatable bonds is 6. The maximum absolute atomic E-state index is 13.6. The lowest BCUT2D eigenvalue weighted by Crippen LogP contribution is -2.28. The van der Waals surface area contributed by atoms with E-state index in [9.17, 15) is 9.18 Å². The van der Waals surface area contributed by atoms with E-state index < -0.39 is 0 Å². The first kappa shape index (κ1) is 20.0. The maximum atomic E-state index is 13.6. The van der Waals surface area contributed by atoms with Gasteiger partial charge < -0.3 is 0 Å². The molecule has 0 bridgehead atoms. The number of tetrazole rings is 1. The van der Waals surface area contributed by atoms with Crippen molar-refractivity contribution in [2.45, 2.75) is 17.6 Å². The number of hydrogen-bond donors (Lipinski definition) is 0. The molecule has 0 radical (unpaired) electrons. The van der Waals surface area contributed by atoms with Crippen molar-refractivity contribution < 1.29 is 9.18 Å². The molecule has 4 heterocycles. The lowest BCUT2D eigenvalue weighted by atomic mass is 10.1. The van der Waals surface area contributed by atoms with Gasteiger partial charge in [0, 0.05) is 11.3 Å². The number of amides is 1. The van der Waals surface area contributed by atoms with Gasteiger partial charge in [0.2, 0.25) is 5.16 Å². The second-order valence-corrected chi connectivity index (χ2v) is 9.51. The third kappa shape index (κ3) is 4.16. The molecule has 5 rings (SSSR count). The molecule has 11 heteroatoms. The average molecular weight is 471 g/mol. The summed E-state index contributed by atoms with van der Waals surface area (Å²) in [6.07, 6.45) is 0.679. The fourth-order valence-electron chi connectivity index (χ4n) is 3.27. The van der Waals surface area contributed by atoms with E-state index in [1.54, 1.807) is 39.8 Å². The number of halogens is 1. The number of carbonyl (C=O) groups excluding carboxylic acids is 1. The van der Waals surface area contributed by atoms with Crippen LogP contribution in [0.4, 0.5) is 4.39 Å². The van der Waals surface area contributed by atoms with Gasteiger partial charge in [0.15, 0.2) is 0 Å². The minimum absolute atomic E-state index is 0.110. The smallest absolute Gasteiger partial charge is 0.253 e. The minimum Gasteiger partial charge on any atom is -0.272 e. The molecule has 1 aromatic carbocycles.